The third kappa shape index (κ3) is 5.11. The van der Waals surface area contributed by atoms with E-state index in [-0.39, 0.29) is 22.3 Å². The van der Waals surface area contributed by atoms with Gasteiger partial charge in [0.25, 0.3) is 0 Å². The van der Waals surface area contributed by atoms with E-state index in [4.69, 9.17) is 15.0 Å². The van der Waals surface area contributed by atoms with Gasteiger partial charge in [0.05, 0.1) is 16.7 Å². The largest absolute Gasteiger partial charge is 0.465 e. The number of nitrogen functional groups attached to an aromatic ring is 1. The van der Waals surface area contributed by atoms with E-state index < -0.39 is 16.2 Å². The Morgan fingerprint density at radius 2 is 1.91 bits per heavy atom. The minimum absolute atomic E-state index is 0.0516. The molecule has 0 saturated heterocycles. The van der Waals surface area contributed by atoms with E-state index in [1.165, 1.54) is 31.3 Å². The van der Waals surface area contributed by atoms with Crippen LogP contribution in [0.4, 0.5) is 16.4 Å². The van der Waals surface area contributed by atoms with Crippen LogP contribution in [-0.4, -0.2) is 61.2 Å². The summed E-state index contributed by atoms with van der Waals surface area (Å²) in [5, 5.41) is 9.07. The number of carboxylic acid groups (broad SMARTS) is 1. The van der Waals surface area contributed by atoms with Crippen molar-refractivity contribution >= 4 is 38.9 Å². The van der Waals surface area contributed by atoms with Crippen molar-refractivity contribution in [3.63, 3.8) is 0 Å². The van der Waals surface area contributed by atoms with Crippen LogP contribution in [-0.2, 0) is 16.5 Å². The molecule has 0 unspecified atom stereocenters. The van der Waals surface area contributed by atoms with E-state index in [2.05, 4.69) is 28.7 Å². The Kier molecular flexibility index (Phi) is 6.90. The third-order valence-corrected chi connectivity index (χ3v) is 6.53. The fourth-order valence-electron chi connectivity index (χ4n) is 3.26. The lowest BCUT2D eigenvalue weighted by Gasteiger charge is -2.18. The Hall–Kier alpha value is -3.31. The zero-order valence-electron chi connectivity index (χ0n) is 18.2. The molecular weight excluding hydrogens is 434 g/mol. The molecule has 0 aliphatic carbocycles. The van der Waals surface area contributed by atoms with Crippen molar-refractivity contribution in [2.45, 2.75) is 25.2 Å². The van der Waals surface area contributed by atoms with Crippen molar-refractivity contribution in [2.24, 2.45) is 0 Å². The number of nitrogens with zero attached hydrogens (tertiary/aromatic N) is 3. The standard InChI is InChI=1S/C21H27N5O5S/c1-4-26(5-2)11-10-14-6-9-19(16(22)12-14)32(29,30)31-15-7-8-17-18(13-15)24-20(23-17)25(3)21(27)28/h6-9,12-13H,4-5,10-11,22H2,1-3H3,(H,23,24)(H,27,28). The van der Waals surface area contributed by atoms with E-state index in [1.807, 2.05) is 0 Å². The number of rotatable bonds is 9. The SMILES string of the molecule is CCN(CC)CCc1ccc(S(=O)(=O)Oc2ccc3nc(N(C)C(=O)O)[nH]c3c2)c(N)c1. The molecule has 2 aromatic carbocycles. The topological polar surface area (TPSA) is 142 Å². The number of fused-ring (bicyclic) bond motifs is 1. The molecule has 172 valence electrons. The first-order chi connectivity index (χ1) is 15.1. The van der Waals surface area contributed by atoms with Crippen LogP contribution in [0.1, 0.15) is 19.4 Å². The summed E-state index contributed by atoms with van der Waals surface area (Å²) >= 11 is 0. The average Bonchev–Trinajstić information content (AvgIpc) is 3.16. The summed E-state index contributed by atoms with van der Waals surface area (Å²) in [6, 6.07) is 9.27. The fourth-order valence-corrected chi connectivity index (χ4v) is 4.29. The Balaban J connectivity index is 1.79. The number of nitrogens with one attached hydrogen (secondary N) is 1. The number of likely N-dealkylation sites (N-methyl/N-ethyl adjacent to an activating group) is 1. The van der Waals surface area contributed by atoms with Gasteiger partial charge < -0.3 is 24.9 Å². The van der Waals surface area contributed by atoms with Crippen LogP contribution < -0.4 is 14.8 Å². The number of carbonyl (C=O) groups is 1. The molecule has 0 spiro atoms. The molecule has 3 aromatic rings. The van der Waals surface area contributed by atoms with Crippen LogP contribution in [0.5, 0.6) is 5.75 Å². The predicted octanol–water partition coefficient (Wildman–Crippen LogP) is 2.91. The van der Waals surface area contributed by atoms with Gasteiger partial charge in [0, 0.05) is 19.7 Å². The molecule has 4 N–H and O–H groups in total. The molecular formula is C21H27N5O5S. The van der Waals surface area contributed by atoms with Gasteiger partial charge in [-0.2, -0.15) is 8.42 Å². The highest BCUT2D eigenvalue weighted by atomic mass is 32.2. The first-order valence-corrected chi connectivity index (χ1v) is 11.6. The summed E-state index contributed by atoms with van der Waals surface area (Å²) in [5.41, 5.74) is 8.00. The molecule has 1 amide bonds. The zero-order chi connectivity index (χ0) is 23.5. The highest BCUT2D eigenvalue weighted by Gasteiger charge is 2.21. The van der Waals surface area contributed by atoms with Gasteiger partial charge in [-0.05, 0) is 49.3 Å². The number of benzene rings is 2. The maximum atomic E-state index is 12.8. The molecule has 10 nitrogen and oxygen atoms in total. The summed E-state index contributed by atoms with van der Waals surface area (Å²) in [5.74, 6) is 0.160. The minimum Gasteiger partial charge on any atom is -0.465 e. The number of nitrogens with two attached hydrogens (primary N) is 1. The first kappa shape index (κ1) is 23.4. The second-order valence-electron chi connectivity index (χ2n) is 7.27. The van der Waals surface area contributed by atoms with Gasteiger partial charge >= 0.3 is 16.2 Å². The van der Waals surface area contributed by atoms with Gasteiger partial charge in [0.15, 0.2) is 0 Å². The van der Waals surface area contributed by atoms with Crippen LogP contribution in [0.25, 0.3) is 11.0 Å². The number of hydrogen-bond donors (Lipinski definition) is 3. The lowest BCUT2D eigenvalue weighted by molar-refractivity contribution is 0.203. The van der Waals surface area contributed by atoms with Crippen molar-refractivity contribution in [3.8, 4) is 5.75 Å². The van der Waals surface area contributed by atoms with E-state index >= 15 is 0 Å². The fraction of sp³-hybridized carbons (Fsp3) is 0.333. The van der Waals surface area contributed by atoms with Gasteiger partial charge in [0.2, 0.25) is 5.95 Å². The Labute approximate surface area is 186 Å². The molecule has 3 rings (SSSR count). The minimum atomic E-state index is -4.17. The molecule has 0 radical (unpaired) electrons. The van der Waals surface area contributed by atoms with Gasteiger partial charge in [-0.15, -0.1) is 0 Å². The maximum absolute atomic E-state index is 12.8. The quantitative estimate of drug-likeness (QED) is 0.326. The first-order valence-electron chi connectivity index (χ1n) is 10.2. The average molecular weight is 462 g/mol. The monoisotopic (exact) mass is 461 g/mol. The van der Waals surface area contributed by atoms with Crippen LogP contribution in [0.3, 0.4) is 0 Å². The van der Waals surface area contributed by atoms with Crippen molar-refractivity contribution in [1.29, 1.82) is 0 Å². The Morgan fingerprint density at radius 1 is 1.19 bits per heavy atom. The predicted molar refractivity (Wildman–Crippen MR) is 123 cm³/mol. The Bertz CT molecular complexity index is 1220. The summed E-state index contributed by atoms with van der Waals surface area (Å²) in [4.78, 5) is 21.2. The highest BCUT2D eigenvalue weighted by molar-refractivity contribution is 7.87. The molecule has 1 aromatic heterocycles. The summed E-state index contributed by atoms with van der Waals surface area (Å²) in [6.07, 6.45) is -0.421. The molecule has 11 heteroatoms. The molecule has 0 fully saturated rings. The van der Waals surface area contributed by atoms with Crippen molar-refractivity contribution in [3.05, 3.63) is 42.0 Å². The van der Waals surface area contributed by atoms with Crippen molar-refractivity contribution in [2.75, 3.05) is 37.3 Å². The van der Waals surface area contributed by atoms with Gasteiger partial charge in [-0.25, -0.2) is 9.78 Å². The third-order valence-electron chi connectivity index (χ3n) is 5.21. The van der Waals surface area contributed by atoms with Crippen molar-refractivity contribution < 1.29 is 22.5 Å². The summed E-state index contributed by atoms with van der Waals surface area (Å²) in [7, 11) is -2.82. The molecule has 0 atom stereocenters. The zero-order valence-corrected chi connectivity index (χ0v) is 19.0. The van der Waals surface area contributed by atoms with Crippen LogP contribution >= 0.6 is 0 Å². The molecule has 1 heterocycles. The van der Waals surface area contributed by atoms with E-state index in [1.54, 1.807) is 12.1 Å². The number of imidazole rings is 1. The Morgan fingerprint density at radius 3 is 2.53 bits per heavy atom. The van der Waals surface area contributed by atoms with E-state index in [9.17, 15) is 13.2 Å². The van der Waals surface area contributed by atoms with Crippen molar-refractivity contribution in [1.82, 2.24) is 14.9 Å². The maximum Gasteiger partial charge on any atom is 0.413 e. The number of hydrogen-bond acceptors (Lipinski definition) is 7. The van der Waals surface area contributed by atoms with Crippen LogP contribution in [0, 0.1) is 0 Å². The number of H-pyrrole nitrogens is 1. The summed E-state index contributed by atoms with van der Waals surface area (Å²) in [6.45, 7) is 6.94. The second kappa shape index (κ2) is 9.45. The van der Waals surface area contributed by atoms with Gasteiger partial charge in [0.1, 0.15) is 10.6 Å². The molecule has 0 aliphatic rings. The summed E-state index contributed by atoms with van der Waals surface area (Å²) < 4.78 is 30.9. The van der Waals surface area contributed by atoms with Gasteiger partial charge in [-0.1, -0.05) is 19.9 Å². The number of aromatic nitrogens is 2. The molecule has 0 bridgehead atoms. The molecule has 0 saturated carbocycles. The normalized spacial score (nSPS) is 11.8. The highest BCUT2D eigenvalue weighted by Crippen LogP contribution is 2.27. The van der Waals surface area contributed by atoms with Crippen LogP contribution in [0.15, 0.2) is 41.3 Å². The molecule has 0 aliphatic heterocycles. The van der Waals surface area contributed by atoms with Crippen LogP contribution in [0.2, 0.25) is 0 Å². The lowest BCUT2D eigenvalue weighted by atomic mass is 10.1. The molecule has 32 heavy (non-hydrogen) atoms. The van der Waals surface area contributed by atoms with E-state index in [0.29, 0.717) is 11.0 Å². The second-order valence-corrected chi connectivity index (χ2v) is 8.78. The number of amides is 1. The van der Waals surface area contributed by atoms with Gasteiger partial charge in [-0.3, -0.25) is 4.90 Å². The number of anilines is 2. The smallest absolute Gasteiger partial charge is 0.413 e. The number of aromatic amines is 1. The lowest BCUT2D eigenvalue weighted by Crippen LogP contribution is -2.25. The van der Waals surface area contributed by atoms with E-state index in [0.717, 1.165) is 36.5 Å².